The molecule has 1 fully saturated rings. The van der Waals surface area contributed by atoms with Crippen molar-refractivity contribution < 1.29 is 13.2 Å². The summed E-state index contributed by atoms with van der Waals surface area (Å²) in [6.07, 6.45) is 3.16. The summed E-state index contributed by atoms with van der Waals surface area (Å²) in [6.45, 7) is 2.65. The highest BCUT2D eigenvalue weighted by Gasteiger charge is 2.32. The number of amides is 1. The summed E-state index contributed by atoms with van der Waals surface area (Å²) >= 11 is 0. The quantitative estimate of drug-likeness (QED) is 0.666. The summed E-state index contributed by atoms with van der Waals surface area (Å²) < 4.78 is 27.3. The van der Waals surface area contributed by atoms with E-state index in [1.807, 2.05) is 25.1 Å². The number of sulfonamides is 1. The van der Waals surface area contributed by atoms with E-state index in [0.29, 0.717) is 30.8 Å². The van der Waals surface area contributed by atoms with Crippen LogP contribution in [-0.4, -0.2) is 31.7 Å². The zero-order chi connectivity index (χ0) is 21.6. The number of carbonyl (C=O) groups excluding carboxylic acids is 1. The Hall–Kier alpha value is -2.70. The zero-order valence-corrected chi connectivity index (χ0v) is 18.4. The molecule has 5 rings (SSSR count). The molecule has 0 radical (unpaired) electrons. The molecule has 0 saturated carbocycles. The predicted molar refractivity (Wildman–Crippen MR) is 123 cm³/mol. The Labute approximate surface area is 183 Å². The first kappa shape index (κ1) is 20.2. The average molecular weight is 435 g/mol. The molecule has 0 bridgehead atoms. The molecule has 3 aromatic rings. The third-order valence-corrected chi connectivity index (χ3v) is 8.53. The van der Waals surface area contributed by atoms with Crippen molar-refractivity contribution >= 4 is 32.4 Å². The van der Waals surface area contributed by atoms with Crippen LogP contribution in [0.5, 0.6) is 0 Å². The molecule has 0 aromatic heterocycles. The van der Waals surface area contributed by atoms with Gasteiger partial charge in [0.05, 0.1) is 4.90 Å². The lowest BCUT2D eigenvalue weighted by Gasteiger charge is -2.30. The van der Waals surface area contributed by atoms with E-state index < -0.39 is 10.0 Å². The van der Waals surface area contributed by atoms with Gasteiger partial charge in [0, 0.05) is 30.1 Å². The summed E-state index contributed by atoms with van der Waals surface area (Å²) in [6, 6.07) is 17.3. The number of nitrogens with one attached hydrogen (secondary N) is 1. The van der Waals surface area contributed by atoms with Crippen molar-refractivity contribution in [2.75, 3.05) is 18.4 Å². The minimum absolute atomic E-state index is 0.0221. The first-order valence-electron chi connectivity index (χ1n) is 10.8. The largest absolute Gasteiger partial charge is 0.325 e. The summed E-state index contributed by atoms with van der Waals surface area (Å²) in [7, 11) is -3.52. The maximum Gasteiger partial charge on any atom is 0.243 e. The first-order chi connectivity index (χ1) is 14.9. The summed E-state index contributed by atoms with van der Waals surface area (Å²) in [4.78, 5) is 13.3. The molecule has 1 aliphatic heterocycles. The van der Waals surface area contributed by atoms with Crippen LogP contribution in [0.3, 0.4) is 0 Å². The molecule has 0 spiro atoms. The lowest BCUT2D eigenvalue weighted by molar-refractivity contribution is -0.120. The highest BCUT2D eigenvalue weighted by Crippen LogP contribution is 2.35. The van der Waals surface area contributed by atoms with Gasteiger partial charge in [-0.15, -0.1) is 0 Å². The first-order valence-corrected chi connectivity index (χ1v) is 12.3. The van der Waals surface area contributed by atoms with Gasteiger partial charge in [0.1, 0.15) is 0 Å². The zero-order valence-electron chi connectivity index (χ0n) is 17.6. The number of nitrogens with zero attached hydrogens (tertiary/aromatic N) is 1. The molecule has 160 valence electrons. The second kappa shape index (κ2) is 7.77. The fraction of sp³-hybridized carbons (Fsp3) is 0.320. The molecule has 31 heavy (non-hydrogen) atoms. The Bertz CT molecular complexity index is 1250. The molecule has 5 nitrogen and oxygen atoms in total. The third kappa shape index (κ3) is 3.64. The number of piperidine rings is 1. The Balaban J connectivity index is 1.28. The molecule has 3 aromatic carbocycles. The van der Waals surface area contributed by atoms with E-state index in [1.165, 1.54) is 20.8 Å². The molecule has 1 N–H and O–H groups in total. The third-order valence-electron chi connectivity index (χ3n) is 6.62. The van der Waals surface area contributed by atoms with Crippen LogP contribution >= 0.6 is 0 Å². The minimum Gasteiger partial charge on any atom is -0.325 e. The highest BCUT2D eigenvalue weighted by atomic mass is 32.2. The average Bonchev–Trinajstić information content (AvgIpc) is 3.21. The van der Waals surface area contributed by atoms with Gasteiger partial charge in [0.25, 0.3) is 0 Å². The summed E-state index contributed by atoms with van der Waals surface area (Å²) in [5.74, 6) is -0.210. The van der Waals surface area contributed by atoms with E-state index in [4.69, 9.17) is 0 Å². The number of benzene rings is 3. The van der Waals surface area contributed by atoms with Crippen LogP contribution in [-0.2, 0) is 27.7 Å². The van der Waals surface area contributed by atoms with Gasteiger partial charge in [-0.2, -0.15) is 4.31 Å². The van der Waals surface area contributed by atoms with Crippen LogP contribution in [0.25, 0.3) is 10.8 Å². The smallest absolute Gasteiger partial charge is 0.243 e. The monoisotopic (exact) mass is 434 g/mol. The number of anilines is 1. The van der Waals surface area contributed by atoms with Crippen molar-refractivity contribution in [3.05, 3.63) is 71.3 Å². The van der Waals surface area contributed by atoms with E-state index in [2.05, 4.69) is 29.6 Å². The Morgan fingerprint density at radius 2 is 1.61 bits per heavy atom. The Kier molecular flexibility index (Phi) is 5.07. The van der Waals surface area contributed by atoms with Gasteiger partial charge in [-0.05, 0) is 67.3 Å². The molecule has 0 unspecified atom stereocenters. The van der Waals surface area contributed by atoms with Crippen molar-refractivity contribution in [2.45, 2.75) is 37.5 Å². The second-order valence-electron chi connectivity index (χ2n) is 8.59. The number of hydrogen-bond acceptors (Lipinski definition) is 3. The van der Waals surface area contributed by atoms with Crippen molar-refractivity contribution in [1.29, 1.82) is 0 Å². The van der Waals surface area contributed by atoms with Crippen LogP contribution < -0.4 is 5.32 Å². The maximum absolute atomic E-state index is 13.0. The lowest BCUT2D eigenvalue weighted by atomic mass is 9.96. The normalized spacial score (nSPS) is 17.2. The van der Waals surface area contributed by atoms with Gasteiger partial charge in [-0.25, -0.2) is 8.42 Å². The van der Waals surface area contributed by atoms with E-state index in [-0.39, 0.29) is 11.8 Å². The van der Waals surface area contributed by atoms with Gasteiger partial charge >= 0.3 is 0 Å². The number of aryl methyl sites for hydroxylation is 3. The van der Waals surface area contributed by atoms with E-state index in [0.717, 1.165) is 29.5 Å². The molecule has 1 amide bonds. The SMILES string of the molecule is Cc1ccc(S(=O)(=O)N2CCC(C(=O)Nc3ccc4c5c(cccc35)CC4)CC2)cc1. The molecule has 2 aliphatic rings. The molecule has 1 saturated heterocycles. The standard InChI is InChI=1S/C25H26N2O3S/c1-17-5-10-21(11-6-17)31(29,30)27-15-13-20(14-16-27)25(28)26-23-12-9-19-8-7-18-3-2-4-22(23)24(18)19/h2-6,9-12,20H,7-8,13-16H2,1H3,(H,26,28). The summed E-state index contributed by atoms with van der Waals surface area (Å²) in [5.41, 5.74) is 4.57. The van der Waals surface area contributed by atoms with Gasteiger partial charge in [-0.1, -0.05) is 42.0 Å². The number of hydrogen-bond donors (Lipinski definition) is 1. The fourth-order valence-corrected chi connectivity index (χ4v) is 6.28. The highest BCUT2D eigenvalue weighted by molar-refractivity contribution is 7.89. The Morgan fingerprint density at radius 3 is 2.32 bits per heavy atom. The number of rotatable bonds is 4. The Morgan fingerprint density at radius 1 is 0.935 bits per heavy atom. The van der Waals surface area contributed by atoms with Gasteiger partial charge in [-0.3, -0.25) is 4.79 Å². The van der Waals surface area contributed by atoms with E-state index in [1.54, 1.807) is 12.1 Å². The van der Waals surface area contributed by atoms with Crippen LogP contribution in [0.15, 0.2) is 59.5 Å². The topological polar surface area (TPSA) is 66.5 Å². The van der Waals surface area contributed by atoms with Crippen molar-refractivity contribution in [3.63, 3.8) is 0 Å². The van der Waals surface area contributed by atoms with Crippen LogP contribution in [0, 0.1) is 12.8 Å². The van der Waals surface area contributed by atoms with Gasteiger partial charge in [0.15, 0.2) is 0 Å². The van der Waals surface area contributed by atoms with Gasteiger partial charge in [0.2, 0.25) is 15.9 Å². The molecule has 1 aliphatic carbocycles. The van der Waals surface area contributed by atoms with Crippen molar-refractivity contribution in [1.82, 2.24) is 4.31 Å². The van der Waals surface area contributed by atoms with Crippen LogP contribution in [0.1, 0.15) is 29.5 Å². The van der Waals surface area contributed by atoms with Crippen molar-refractivity contribution in [2.24, 2.45) is 5.92 Å². The number of carbonyl (C=O) groups is 1. The molecular weight excluding hydrogens is 408 g/mol. The summed E-state index contributed by atoms with van der Waals surface area (Å²) in [5, 5.41) is 5.50. The van der Waals surface area contributed by atoms with Gasteiger partial charge < -0.3 is 5.32 Å². The van der Waals surface area contributed by atoms with Crippen LogP contribution in [0.4, 0.5) is 5.69 Å². The predicted octanol–water partition coefficient (Wildman–Crippen LogP) is 4.29. The van der Waals surface area contributed by atoms with E-state index >= 15 is 0 Å². The molecule has 0 atom stereocenters. The maximum atomic E-state index is 13.0. The van der Waals surface area contributed by atoms with E-state index in [9.17, 15) is 13.2 Å². The van der Waals surface area contributed by atoms with Crippen molar-refractivity contribution in [3.8, 4) is 0 Å². The molecule has 6 heteroatoms. The minimum atomic E-state index is -3.52. The second-order valence-corrected chi connectivity index (χ2v) is 10.5. The fourth-order valence-electron chi connectivity index (χ4n) is 4.81. The van der Waals surface area contributed by atoms with Crippen LogP contribution in [0.2, 0.25) is 0 Å². The lowest BCUT2D eigenvalue weighted by Crippen LogP contribution is -2.41. The molecule has 1 heterocycles. The molecular formula is C25H26N2O3S.